The van der Waals surface area contributed by atoms with Crippen molar-refractivity contribution in [1.29, 1.82) is 0 Å². The number of rotatable bonds is 4. The molecule has 3 nitrogen and oxygen atoms in total. The summed E-state index contributed by atoms with van der Waals surface area (Å²) < 4.78 is 0. The van der Waals surface area contributed by atoms with E-state index in [-0.39, 0.29) is 24.5 Å². The SMILES string of the molecule is Cc1ccccc1[C@@H](CO)NC(=O)C(C)C. The van der Waals surface area contributed by atoms with Gasteiger partial charge in [0.1, 0.15) is 0 Å². The molecule has 0 aliphatic carbocycles. The average molecular weight is 221 g/mol. The minimum Gasteiger partial charge on any atom is -0.394 e. The van der Waals surface area contributed by atoms with Crippen molar-refractivity contribution in [3.05, 3.63) is 35.4 Å². The lowest BCUT2D eigenvalue weighted by molar-refractivity contribution is -0.125. The molecule has 0 radical (unpaired) electrons. The number of nitrogens with one attached hydrogen (secondary N) is 1. The van der Waals surface area contributed by atoms with E-state index in [9.17, 15) is 9.90 Å². The smallest absolute Gasteiger partial charge is 0.223 e. The molecule has 2 N–H and O–H groups in total. The number of aliphatic hydroxyl groups excluding tert-OH is 1. The Hall–Kier alpha value is -1.35. The number of aliphatic hydroxyl groups is 1. The molecule has 1 rings (SSSR count). The first-order chi connectivity index (χ1) is 7.56. The molecule has 3 heteroatoms. The predicted molar refractivity (Wildman–Crippen MR) is 64.0 cm³/mol. The first-order valence-electron chi connectivity index (χ1n) is 5.53. The summed E-state index contributed by atoms with van der Waals surface area (Å²) in [6.07, 6.45) is 0. The van der Waals surface area contributed by atoms with Crippen molar-refractivity contribution < 1.29 is 9.90 Å². The number of carbonyl (C=O) groups is 1. The fraction of sp³-hybridized carbons (Fsp3) is 0.462. The lowest BCUT2D eigenvalue weighted by Gasteiger charge is -2.19. The lowest BCUT2D eigenvalue weighted by atomic mass is 10.0. The second kappa shape index (κ2) is 5.66. The van der Waals surface area contributed by atoms with Crippen LogP contribution in [0.15, 0.2) is 24.3 Å². The number of carbonyl (C=O) groups excluding carboxylic acids is 1. The molecule has 1 atom stereocenters. The topological polar surface area (TPSA) is 49.3 Å². The molecule has 0 saturated carbocycles. The van der Waals surface area contributed by atoms with Crippen molar-refractivity contribution >= 4 is 5.91 Å². The maximum Gasteiger partial charge on any atom is 0.223 e. The maximum absolute atomic E-state index is 11.6. The molecule has 1 aromatic rings. The Balaban J connectivity index is 2.83. The van der Waals surface area contributed by atoms with Gasteiger partial charge in [-0.25, -0.2) is 0 Å². The molecule has 0 aliphatic rings. The third-order valence-corrected chi connectivity index (χ3v) is 2.59. The van der Waals surface area contributed by atoms with Gasteiger partial charge in [0.05, 0.1) is 12.6 Å². The van der Waals surface area contributed by atoms with Crippen LogP contribution in [0.2, 0.25) is 0 Å². The van der Waals surface area contributed by atoms with Gasteiger partial charge in [0.2, 0.25) is 5.91 Å². The Morgan fingerprint density at radius 3 is 2.50 bits per heavy atom. The van der Waals surface area contributed by atoms with Crippen molar-refractivity contribution in [2.45, 2.75) is 26.8 Å². The average Bonchev–Trinajstić information content (AvgIpc) is 2.26. The Bertz CT molecular complexity index is 361. The summed E-state index contributed by atoms with van der Waals surface area (Å²) >= 11 is 0. The Kier molecular flexibility index (Phi) is 4.50. The minimum absolute atomic E-state index is 0.0395. The van der Waals surface area contributed by atoms with Crippen LogP contribution in [0.5, 0.6) is 0 Å². The van der Waals surface area contributed by atoms with Crippen LogP contribution >= 0.6 is 0 Å². The van der Waals surface area contributed by atoms with Gasteiger partial charge in [-0.15, -0.1) is 0 Å². The second-order valence-corrected chi connectivity index (χ2v) is 4.26. The quantitative estimate of drug-likeness (QED) is 0.814. The van der Waals surface area contributed by atoms with Gasteiger partial charge in [0.25, 0.3) is 0 Å². The molecule has 0 heterocycles. The summed E-state index contributed by atoms with van der Waals surface area (Å²) in [7, 11) is 0. The van der Waals surface area contributed by atoms with E-state index in [4.69, 9.17) is 0 Å². The first kappa shape index (κ1) is 12.7. The Labute approximate surface area is 96.5 Å². The zero-order valence-electron chi connectivity index (χ0n) is 10.0. The predicted octanol–water partition coefficient (Wildman–Crippen LogP) is 1.80. The number of hydrogen-bond donors (Lipinski definition) is 2. The van der Waals surface area contributed by atoms with Gasteiger partial charge in [0.15, 0.2) is 0 Å². The van der Waals surface area contributed by atoms with Crippen LogP contribution < -0.4 is 5.32 Å². The van der Waals surface area contributed by atoms with Crippen molar-refractivity contribution in [3.63, 3.8) is 0 Å². The number of benzene rings is 1. The van der Waals surface area contributed by atoms with Crippen molar-refractivity contribution in [3.8, 4) is 0 Å². The highest BCUT2D eigenvalue weighted by atomic mass is 16.3. The van der Waals surface area contributed by atoms with Gasteiger partial charge < -0.3 is 10.4 Å². The number of amides is 1. The van der Waals surface area contributed by atoms with Crippen LogP contribution in [0.1, 0.15) is 31.0 Å². The molecule has 0 fully saturated rings. The molecule has 0 saturated heterocycles. The molecule has 16 heavy (non-hydrogen) atoms. The van der Waals surface area contributed by atoms with Crippen molar-refractivity contribution in [1.82, 2.24) is 5.32 Å². The fourth-order valence-corrected chi connectivity index (χ4v) is 1.54. The van der Waals surface area contributed by atoms with E-state index in [0.717, 1.165) is 11.1 Å². The van der Waals surface area contributed by atoms with Crippen molar-refractivity contribution in [2.75, 3.05) is 6.61 Å². The van der Waals surface area contributed by atoms with Crippen molar-refractivity contribution in [2.24, 2.45) is 5.92 Å². The normalized spacial score (nSPS) is 12.6. The van der Waals surface area contributed by atoms with Crippen LogP contribution in [0, 0.1) is 12.8 Å². The fourth-order valence-electron chi connectivity index (χ4n) is 1.54. The largest absolute Gasteiger partial charge is 0.394 e. The van der Waals surface area contributed by atoms with Crippen LogP contribution in [0.25, 0.3) is 0 Å². The summed E-state index contributed by atoms with van der Waals surface area (Å²) in [4.78, 5) is 11.6. The van der Waals surface area contributed by atoms with E-state index in [1.807, 2.05) is 45.0 Å². The zero-order valence-corrected chi connectivity index (χ0v) is 10.0. The molecule has 1 aromatic carbocycles. The van der Waals surface area contributed by atoms with E-state index in [2.05, 4.69) is 5.32 Å². The van der Waals surface area contributed by atoms with Gasteiger partial charge in [-0.3, -0.25) is 4.79 Å². The summed E-state index contributed by atoms with van der Waals surface area (Å²) in [5.41, 5.74) is 2.05. The van der Waals surface area contributed by atoms with E-state index in [1.54, 1.807) is 0 Å². The van der Waals surface area contributed by atoms with E-state index < -0.39 is 0 Å². The van der Waals surface area contributed by atoms with E-state index in [1.165, 1.54) is 0 Å². The summed E-state index contributed by atoms with van der Waals surface area (Å²) in [6, 6.07) is 7.44. The molecule has 0 aliphatic heterocycles. The standard InChI is InChI=1S/C13H19NO2/c1-9(2)13(16)14-12(8-15)11-7-5-4-6-10(11)3/h4-7,9,12,15H,8H2,1-3H3,(H,14,16)/t12-/m1/s1. The van der Waals surface area contributed by atoms with E-state index in [0.29, 0.717) is 0 Å². The van der Waals surface area contributed by atoms with Gasteiger partial charge in [-0.1, -0.05) is 38.1 Å². The molecule has 0 bridgehead atoms. The monoisotopic (exact) mass is 221 g/mol. The Morgan fingerprint density at radius 1 is 1.38 bits per heavy atom. The highest BCUT2D eigenvalue weighted by molar-refractivity contribution is 5.78. The molecule has 0 aromatic heterocycles. The lowest BCUT2D eigenvalue weighted by Crippen LogP contribution is -2.34. The Morgan fingerprint density at radius 2 is 2.00 bits per heavy atom. The summed E-state index contributed by atoms with van der Waals surface area (Å²) in [6.45, 7) is 5.56. The van der Waals surface area contributed by atoms with Crippen LogP contribution in [-0.4, -0.2) is 17.6 Å². The second-order valence-electron chi connectivity index (χ2n) is 4.26. The maximum atomic E-state index is 11.6. The number of aryl methyl sites for hydroxylation is 1. The van der Waals surface area contributed by atoms with Gasteiger partial charge in [-0.2, -0.15) is 0 Å². The molecule has 1 amide bonds. The molecule has 0 unspecified atom stereocenters. The highest BCUT2D eigenvalue weighted by Crippen LogP contribution is 2.17. The van der Waals surface area contributed by atoms with Gasteiger partial charge in [0, 0.05) is 5.92 Å². The summed E-state index contributed by atoms with van der Waals surface area (Å²) in [5.74, 6) is -0.111. The van der Waals surface area contributed by atoms with Gasteiger partial charge >= 0.3 is 0 Å². The van der Waals surface area contributed by atoms with Crippen LogP contribution in [-0.2, 0) is 4.79 Å². The third-order valence-electron chi connectivity index (χ3n) is 2.59. The van der Waals surface area contributed by atoms with Crippen LogP contribution in [0.4, 0.5) is 0 Å². The molecule has 0 spiro atoms. The number of hydrogen-bond acceptors (Lipinski definition) is 2. The van der Waals surface area contributed by atoms with Gasteiger partial charge in [-0.05, 0) is 18.1 Å². The zero-order chi connectivity index (χ0) is 12.1. The minimum atomic E-state index is -0.309. The van der Waals surface area contributed by atoms with E-state index >= 15 is 0 Å². The summed E-state index contributed by atoms with van der Waals surface area (Å²) in [5, 5.41) is 12.2. The van der Waals surface area contributed by atoms with Crippen LogP contribution in [0.3, 0.4) is 0 Å². The molecule has 88 valence electrons. The molecular formula is C13H19NO2. The highest BCUT2D eigenvalue weighted by Gasteiger charge is 2.16. The molecular weight excluding hydrogens is 202 g/mol. The first-order valence-corrected chi connectivity index (χ1v) is 5.53. The third kappa shape index (κ3) is 3.07.